The molecule has 20 heavy (non-hydrogen) atoms. The molecule has 0 aliphatic carbocycles. The molecule has 0 N–H and O–H groups in total. The van der Waals surface area contributed by atoms with E-state index in [0.717, 1.165) is 37.9 Å². The van der Waals surface area contributed by atoms with Crippen molar-refractivity contribution in [3.8, 4) is 0 Å². The zero-order valence-corrected chi connectivity index (χ0v) is 12.0. The quantitative estimate of drug-likeness (QED) is 0.791. The minimum absolute atomic E-state index is 0.0805. The summed E-state index contributed by atoms with van der Waals surface area (Å²) in [6, 6.07) is 1.41. The molecule has 0 aromatic carbocycles. The van der Waals surface area contributed by atoms with Crippen LogP contribution in [0.3, 0.4) is 0 Å². The second kappa shape index (κ2) is 4.81. The fraction of sp³-hybridized carbons (Fsp3) is 0.600. The van der Waals surface area contributed by atoms with Crippen LogP contribution in [0.5, 0.6) is 0 Å². The lowest BCUT2D eigenvalue weighted by Gasteiger charge is -2.34. The number of pyridine rings is 1. The fourth-order valence-corrected chi connectivity index (χ4v) is 3.23. The van der Waals surface area contributed by atoms with Crippen LogP contribution >= 0.6 is 0 Å². The van der Waals surface area contributed by atoms with Crippen molar-refractivity contribution in [1.82, 2.24) is 15.0 Å². The molecule has 0 radical (unpaired) electrons. The number of hydrazine groups is 1. The number of nitrogens with zero attached hydrogens (tertiary/aromatic N) is 3. The van der Waals surface area contributed by atoms with Crippen molar-refractivity contribution in [2.75, 3.05) is 13.1 Å². The van der Waals surface area contributed by atoms with Gasteiger partial charge in [-0.2, -0.15) is 0 Å². The standard InChI is InChI=1S/C15H20FN3O/c1-15(2)5-3-6-18-7-4-13(19(18)14(15)20)11-8-12(16)10-17-9-11/h8-10,13H,3-7H2,1-2H3. The maximum absolute atomic E-state index is 13.4. The molecule has 0 bridgehead atoms. The fourth-order valence-electron chi connectivity index (χ4n) is 3.23. The lowest BCUT2D eigenvalue weighted by molar-refractivity contribution is -0.154. The Labute approximate surface area is 118 Å². The highest BCUT2D eigenvalue weighted by Crippen LogP contribution is 2.39. The van der Waals surface area contributed by atoms with Gasteiger partial charge in [-0.1, -0.05) is 13.8 Å². The van der Waals surface area contributed by atoms with Crippen molar-refractivity contribution in [2.45, 2.75) is 39.2 Å². The van der Waals surface area contributed by atoms with Crippen molar-refractivity contribution in [3.63, 3.8) is 0 Å². The zero-order valence-electron chi connectivity index (χ0n) is 12.0. The van der Waals surface area contributed by atoms with Gasteiger partial charge in [0.25, 0.3) is 0 Å². The summed E-state index contributed by atoms with van der Waals surface area (Å²) in [5.74, 6) is -0.204. The van der Waals surface area contributed by atoms with E-state index >= 15 is 0 Å². The first kappa shape index (κ1) is 13.5. The maximum Gasteiger partial charge on any atom is 0.243 e. The molecule has 1 atom stereocenters. The molecule has 3 rings (SSSR count). The average Bonchev–Trinajstić information content (AvgIpc) is 2.77. The van der Waals surface area contributed by atoms with Gasteiger partial charge < -0.3 is 0 Å². The zero-order chi connectivity index (χ0) is 14.3. The molecule has 1 aromatic rings. The summed E-state index contributed by atoms with van der Waals surface area (Å²) in [5.41, 5.74) is 0.441. The summed E-state index contributed by atoms with van der Waals surface area (Å²) < 4.78 is 13.4. The number of aromatic nitrogens is 1. The minimum atomic E-state index is -0.349. The van der Waals surface area contributed by atoms with Crippen LogP contribution in [0, 0.1) is 11.2 Å². The summed E-state index contributed by atoms with van der Waals surface area (Å²) in [5, 5.41) is 3.97. The predicted octanol–water partition coefficient (Wildman–Crippen LogP) is 2.53. The third-order valence-electron chi connectivity index (χ3n) is 4.38. The molecule has 5 heteroatoms. The lowest BCUT2D eigenvalue weighted by atomic mass is 9.86. The van der Waals surface area contributed by atoms with Gasteiger partial charge in [0.1, 0.15) is 5.82 Å². The van der Waals surface area contributed by atoms with Gasteiger partial charge in [-0.05, 0) is 30.9 Å². The molecular weight excluding hydrogens is 257 g/mol. The molecule has 0 saturated carbocycles. The van der Waals surface area contributed by atoms with E-state index in [4.69, 9.17) is 0 Å². The second-order valence-electron chi connectivity index (χ2n) is 6.33. The molecule has 4 nitrogen and oxygen atoms in total. The Morgan fingerprint density at radius 1 is 1.35 bits per heavy atom. The van der Waals surface area contributed by atoms with E-state index in [0.29, 0.717) is 0 Å². The maximum atomic E-state index is 13.4. The van der Waals surface area contributed by atoms with Crippen LogP contribution < -0.4 is 0 Å². The van der Waals surface area contributed by atoms with Crippen LogP contribution in [-0.2, 0) is 4.79 Å². The number of carbonyl (C=O) groups excluding carboxylic acids is 1. The van der Waals surface area contributed by atoms with E-state index in [1.165, 1.54) is 12.3 Å². The van der Waals surface area contributed by atoms with Gasteiger partial charge in [-0.15, -0.1) is 0 Å². The molecule has 1 unspecified atom stereocenters. The van der Waals surface area contributed by atoms with E-state index in [-0.39, 0.29) is 23.2 Å². The first-order chi connectivity index (χ1) is 9.49. The van der Waals surface area contributed by atoms with Gasteiger partial charge in [0.2, 0.25) is 5.91 Å². The van der Waals surface area contributed by atoms with Crippen LogP contribution in [0.2, 0.25) is 0 Å². The summed E-state index contributed by atoms with van der Waals surface area (Å²) in [6.45, 7) is 5.74. The molecule has 3 heterocycles. The van der Waals surface area contributed by atoms with Gasteiger partial charge in [0.15, 0.2) is 0 Å². The lowest BCUT2D eigenvalue weighted by Crippen LogP contribution is -2.46. The topological polar surface area (TPSA) is 36.4 Å². The molecule has 1 amide bonds. The SMILES string of the molecule is CC1(C)CCCN2CCC(c3cncc(F)c3)N2C1=O. The van der Waals surface area contributed by atoms with Crippen LogP contribution in [0.15, 0.2) is 18.5 Å². The minimum Gasteiger partial charge on any atom is -0.273 e. The molecule has 2 aliphatic rings. The van der Waals surface area contributed by atoms with Crippen LogP contribution in [-0.4, -0.2) is 34.0 Å². The van der Waals surface area contributed by atoms with Crippen LogP contribution in [0.1, 0.15) is 44.7 Å². The number of carbonyl (C=O) groups is 1. The molecule has 2 fully saturated rings. The molecule has 108 valence electrons. The summed E-state index contributed by atoms with van der Waals surface area (Å²) >= 11 is 0. The Morgan fingerprint density at radius 3 is 2.90 bits per heavy atom. The second-order valence-corrected chi connectivity index (χ2v) is 6.33. The molecule has 1 aromatic heterocycles. The molecular formula is C15H20FN3O. The summed E-state index contributed by atoms with van der Waals surface area (Å²) in [6.07, 6.45) is 5.62. The highest BCUT2D eigenvalue weighted by molar-refractivity contribution is 5.82. The van der Waals surface area contributed by atoms with Gasteiger partial charge >= 0.3 is 0 Å². The summed E-state index contributed by atoms with van der Waals surface area (Å²) in [4.78, 5) is 16.7. The van der Waals surface area contributed by atoms with Gasteiger partial charge in [0.05, 0.1) is 12.2 Å². The number of fused-ring (bicyclic) bond motifs is 1. The van der Waals surface area contributed by atoms with E-state index in [1.807, 2.05) is 18.9 Å². The largest absolute Gasteiger partial charge is 0.273 e. The third-order valence-corrected chi connectivity index (χ3v) is 4.38. The van der Waals surface area contributed by atoms with Crippen LogP contribution in [0.25, 0.3) is 0 Å². The average molecular weight is 277 g/mol. The first-order valence-corrected chi connectivity index (χ1v) is 7.18. The van der Waals surface area contributed by atoms with Crippen molar-refractivity contribution in [3.05, 3.63) is 29.8 Å². The Bertz CT molecular complexity index is 532. The first-order valence-electron chi connectivity index (χ1n) is 7.18. The van der Waals surface area contributed by atoms with E-state index in [9.17, 15) is 9.18 Å². The van der Waals surface area contributed by atoms with Gasteiger partial charge in [-0.3, -0.25) is 14.8 Å². The van der Waals surface area contributed by atoms with Gasteiger partial charge in [0, 0.05) is 24.7 Å². The van der Waals surface area contributed by atoms with Crippen molar-refractivity contribution in [1.29, 1.82) is 0 Å². The van der Waals surface area contributed by atoms with Crippen LogP contribution in [0.4, 0.5) is 4.39 Å². The van der Waals surface area contributed by atoms with Crippen molar-refractivity contribution >= 4 is 5.91 Å². The number of amides is 1. The van der Waals surface area contributed by atoms with E-state index in [2.05, 4.69) is 9.99 Å². The van der Waals surface area contributed by atoms with Crippen molar-refractivity contribution < 1.29 is 9.18 Å². The van der Waals surface area contributed by atoms with E-state index in [1.54, 1.807) is 6.20 Å². The van der Waals surface area contributed by atoms with Crippen molar-refractivity contribution in [2.24, 2.45) is 5.41 Å². The molecule has 2 saturated heterocycles. The van der Waals surface area contributed by atoms with E-state index < -0.39 is 0 Å². The molecule has 2 aliphatic heterocycles. The molecule has 0 spiro atoms. The number of hydrogen-bond donors (Lipinski definition) is 0. The highest BCUT2D eigenvalue weighted by Gasteiger charge is 2.44. The smallest absolute Gasteiger partial charge is 0.243 e. The Balaban J connectivity index is 1.96. The Morgan fingerprint density at radius 2 is 2.15 bits per heavy atom. The predicted molar refractivity (Wildman–Crippen MR) is 73.0 cm³/mol. The number of rotatable bonds is 1. The number of halogens is 1. The monoisotopic (exact) mass is 277 g/mol. The number of hydrogen-bond acceptors (Lipinski definition) is 3. The Kier molecular flexibility index (Phi) is 3.24. The Hall–Kier alpha value is -1.49. The summed E-state index contributed by atoms with van der Waals surface area (Å²) in [7, 11) is 0. The van der Waals surface area contributed by atoms with Gasteiger partial charge in [-0.25, -0.2) is 9.40 Å². The third kappa shape index (κ3) is 2.20. The highest BCUT2D eigenvalue weighted by atomic mass is 19.1. The normalized spacial score (nSPS) is 26.4.